The van der Waals surface area contributed by atoms with E-state index in [2.05, 4.69) is 37.8 Å². The van der Waals surface area contributed by atoms with Crippen molar-refractivity contribution in [3.8, 4) is 17.7 Å². The van der Waals surface area contributed by atoms with Gasteiger partial charge in [-0.25, -0.2) is 14.4 Å². The Kier molecular flexibility index (Phi) is 8.85. The van der Waals surface area contributed by atoms with E-state index in [-0.39, 0.29) is 29.1 Å². The van der Waals surface area contributed by atoms with E-state index in [4.69, 9.17) is 4.74 Å². The van der Waals surface area contributed by atoms with Gasteiger partial charge < -0.3 is 25.6 Å². The van der Waals surface area contributed by atoms with Gasteiger partial charge >= 0.3 is 0 Å². The molecule has 4 heterocycles. The molecule has 1 aliphatic heterocycles. The molecular formula is C25H28F3N7O2S. The van der Waals surface area contributed by atoms with Gasteiger partial charge in [0.1, 0.15) is 16.9 Å². The number of nitrogens with one attached hydrogen (secondary N) is 3. The molecule has 1 amide bonds. The number of ether oxygens (including phenoxy) is 1. The summed E-state index contributed by atoms with van der Waals surface area (Å²) >= 11 is 0.346. The number of imidazole rings is 1. The zero-order valence-corrected chi connectivity index (χ0v) is 21.9. The molecule has 13 heteroatoms. The minimum atomic E-state index is -2.68. The number of likely N-dealkylation sites (tertiary alicyclic amines) is 1. The number of rotatable bonds is 8. The third kappa shape index (κ3) is 6.25. The van der Waals surface area contributed by atoms with Crippen molar-refractivity contribution < 1.29 is 22.7 Å². The van der Waals surface area contributed by atoms with E-state index in [1.54, 1.807) is 28.8 Å². The van der Waals surface area contributed by atoms with E-state index in [1.807, 2.05) is 11.9 Å². The second kappa shape index (κ2) is 12.3. The Hall–Kier alpha value is -3.63. The second-order valence-electron chi connectivity index (χ2n) is 8.59. The summed E-state index contributed by atoms with van der Waals surface area (Å²) in [5.74, 6) is 3.03. The first-order valence-corrected chi connectivity index (χ1v) is 12.7. The smallest absolute Gasteiger partial charge is 0.290 e. The van der Waals surface area contributed by atoms with Crippen LogP contribution in [0.3, 0.4) is 0 Å². The molecule has 9 nitrogen and oxygen atoms in total. The Labute approximate surface area is 222 Å². The minimum absolute atomic E-state index is 0.103. The van der Waals surface area contributed by atoms with Gasteiger partial charge in [0.2, 0.25) is 5.88 Å². The molecule has 1 fully saturated rings. The highest BCUT2D eigenvalue weighted by molar-refractivity contribution is 7.99. The van der Waals surface area contributed by atoms with E-state index in [0.29, 0.717) is 47.3 Å². The van der Waals surface area contributed by atoms with E-state index < -0.39 is 18.0 Å². The second-order valence-corrected chi connectivity index (χ2v) is 9.57. The van der Waals surface area contributed by atoms with Crippen molar-refractivity contribution in [3.63, 3.8) is 0 Å². The van der Waals surface area contributed by atoms with Crippen LogP contribution in [0.1, 0.15) is 22.5 Å². The number of hydrogen-bond acceptors (Lipinski definition) is 8. The van der Waals surface area contributed by atoms with Gasteiger partial charge in [-0.3, -0.25) is 9.20 Å². The van der Waals surface area contributed by atoms with Gasteiger partial charge in [-0.1, -0.05) is 5.92 Å². The molecule has 0 aliphatic carbocycles. The van der Waals surface area contributed by atoms with Crippen LogP contribution in [0, 0.1) is 11.8 Å². The van der Waals surface area contributed by atoms with Gasteiger partial charge in [0.05, 0.1) is 36.6 Å². The van der Waals surface area contributed by atoms with Crippen LogP contribution < -0.4 is 20.7 Å². The van der Waals surface area contributed by atoms with Crippen LogP contribution in [-0.4, -0.2) is 84.0 Å². The number of piperidine rings is 1. The van der Waals surface area contributed by atoms with Crippen molar-refractivity contribution in [3.05, 3.63) is 41.9 Å². The average Bonchev–Trinajstić information content (AvgIpc) is 3.25. The predicted molar refractivity (Wildman–Crippen MR) is 141 cm³/mol. The number of halogens is 3. The molecule has 3 N–H and O–H groups in total. The number of carbonyl (C=O) groups is 1. The molecule has 0 aromatic carbocycles. The van der Waals surface area contributed by atoms with Gasteiger partial charge in [0, 0.05) is 32.5 Å². The van der Waals surface area contributed by atoms with Gasteiger partial charge in [-0.05, 0) is 49.3 Å². The predicted octanol–water partition coefficient (Wildman–Crippen LogP) is 3.33. The van der Waals surface area contributed by atoms with Crippen molar-refractivity contribution in [2.45, 2.75) is 29.4 Å². The SMILES string of the molecule is CNC(=O)c1cnc(OC)c(NCC#Cc2nc3c(N[C@@H]4CCN(C)C[C@@H]4F)cccn3c2SC(F)F)c1. The van der Waals surface area contributed by atoms with Crippen LogP contribution in [0.4, 0.5) is 24.5 Å². The van der Waals surface area contributed by atoms with E-state index >= 15 is 0 Å². The highest BCUT2D eigenvalue weighted by Crippen LogP contribution is 2.32. The highest BCUT2D eigenvalue weighted by atomic mass is 32.2. The number of fused-ring (bicyclic) bond motifs is 1. The number of carbonyl (C=O) groups excluding carboxylic acids is 1. The van der Waals surface area contributed by atoms with Gasteiger partial charge in [-0.2, -0.15) is 8.78 Å². The number of amides is 1. The zero-order valence-electron chi connectivity index (χ0n) is 21.1. The molecule has 3 aromatic rings. The van der Waals surface area contributed by atoms with E-state index in [0.717, 1.165) is 6.54 Å². The molecule has 0 spiro atoms. The van der Waals surface area contributed by atoms with E-state index in [1.165, 1.54) is 20.4 Å². The molecule has 3 aromatic heterocycles. The van der Waals surface area contributed by atoms with Crippen LogP contribution in [0.5, 0.6) is 5.88 Å². The summed E-state index contributed by atoms with van der Waals surface area (Å²) in [5.41, 5.74) is 1.90. The summed E-state index contributed by atoms with van der Waals surface area (Å²) in [4.78, 5) is 22.5. The normalized spacial score (nSPS) is 17.7. The third-order valence-electron chi connectivity index (χ3n) is 6.00. The van der Waals surface area contributed by atoms with Crippen LogP contribution in [0.15, 0.2) is 35.6 Å². The maximum Gasteiger partial charge on any atom is 0.290 e. The number of hydrogen-bond donors (Lipinski definition) is 3. The lowest BCUT2D eigenvalue weighted by Crippen LogP contribution is -2.46. The number of thioether (sulfide) groups is 1. The molecular weight excluding hydrogens is 519 g/mol. The number of alkyl halides is 3. The summed E-state index contributed by atoms with van der Waals surface area (Å²) in [6, 6.07) is 4.62. The maximum atomic E-state index is 14.6. The number of aromatic nitrogens is 3. The Morgan fingerprint density at radius 2 is 2.18 bits per heavy atom. The summed E-state index contributed by atoms with van der Waals surface area (Å²) in [7, 11) is 4.84. The largest absolute Gasteiger partial charge is 0.480 e. The van der Waals surface area contributed by atoms with Crippen molar-refractivity contribution >= 4 is 34.7 Å². The molecule has 4 rings (SSSR count). The summed E-state index contributed by atoms with van der Waals surface area (Å²) in [6.45, 7) is 1.17. The third-order valence-corrected chi connectivity index (χ3v) is 6.79. The zero-order chi connectivity index (χ0) is 27.2. The Balaban J connectivity index is 1.59. The fourth-order valence-electron chi connectivity index (χ4n) is 4.13. The Bertz CT molecular complexity index is 1360. The lowest BCUT2D eigenvalue weighted by molar-refractivity contribution is 0.0962. The lowest BCUT2D eigenvalue weighted by Gasteiger charge is -2.33. The monoisotopic (exact) mass is 547 g/mol. The van der Waals surface area contributed by atoms with Crippen molar-refractivity contribution in [2.75, 3.05) is 51.5 Å². The first-order chi connectivity index (χ1) is 18.3. The quantitative estimate of drug-likeness (QED) is 0.292. The van der Waals surface area contributed by atoms with Crippen molar-refractivity contribution in [1.82, 2.24) is 24.6 Å². The first kappa shape index (κ1) is 27.4. The summed E-state index contributed by atoms with van der Waals surface area (Å²) in [5, 5.41) is 8.96. The van der Waals surface area contributed by atoms with Gasteiger partial charge in [0.25, 0.3) is 11.7 Å². The standard InChI is InChI=1S/C25H28F3N7O2S/c1-29-22(36)15-12-20(23(37-3)31-13-15)30-9-4-6-19-24(38-25(27)28)35-10-5-7-18(21(35)33-19)32-17-8-11-34(2)14-16(17)26/h5,7,10,12-13,16-17,25,30,32H,8-9,11,14H2,1-3H3,(H,29,36)/t16-,17+/m0/s1. The maximum absolute atomic E-state index is 14.6. The molecule has 0 unspecified atom stereocenters. The Morgan fingerprint density at radius 1 is 1.37 bits per heavy atom. The van der Waals surface area contributed by atoms with Crippen LogP contribution in [-0.2, 0) is 0 Å². The van der Waals surface area contributed by atoms with Gasteiger partial charge in [-0.15, -0.1) is 0 Å². The molecule has 2 atom stereocenters. The van der Waals surface area contributed by atoms with Crippen molar-refractivity contribution in [2.24, 2.45) is 0 Å². The summed E-state index contributed by atoms with van der Waals surface area (Å²) < 4.78 is 48.3. The fraction of sp³-hybridized carbons (Fsp3) is 0.400. The van der Waals surface area contributed by atoms with E-state index in [9.17, 15) is 18.0 Å². The molecule has 202 valence electrons. The molecule has 1 saturated heterocycles. The minimum Gasteiger partial charge on any atom is -0.480 e. The van der Waals surface area contributed by atoms with Crippen LogP contribution in [0.2, 0.25) is 0 Å². The number of anilines is 2. The number of methoxy groups -OCH3 is 1. The van der Waals surface area contributed by atoms with Crippen LogP contribution in [0.25, 0.3) is 5.65 Å². The molecule has 0 radical (unpaired) electrons. The summed E-state index contributed by atoms with van der Waals surface area (Å²) in [6.07, 6.45) is 2.55. The fourth-order valence-corrected chi connectivity index (χ4v) is 4.77. The van der Waals surface area contributed by atoms with Crippen LogP contribution >= 0.6 is 11.8 Å². The average molecular weight is 548 g/mol. The van der Waals surface area contributed by atoms with Crippen molar-refractivity contribution in [1.29, 1.82) is 0 Å². The molecule has 1 aliphatic rings. The topological polar surface area (TPSA) is 95.8 Å². The Morgan fingerprint density at radius 3 is 2.89 bits per heavy atom. The first-order valence-electron chi connectivity index (χ1n) is 11.8. The highest BCUT2D eigenvalue weighted by Gasteiger charge is 2.28. The lowest BCUT2D eigenvalue weighted by atomic mass is 10.0. The molecule has 0 bridgehead atoms. The molecule has 0 saturated carbocycles. The molecule has 38 heavy (non-hydrogen) atoms. The number of nitrogens with zero attached hydrogens (tertiary/aromatic N) is 4. The number of pyridine rings is 2. The van der Waals surface area contributed by atoms with Gasteiger partial charge in [0.15, 0.2) is 5.65 Å².